The summed E-state index contributed by atoms with van der Waals surface area (Å²) < 4.78 is 13.4. The molecule has 1 saturated carbocycles. The van der Waals surface area contributed by atoms with E-state index in [1.807, 2.05) is 36.5 Å². The van der Waals surface area contributed by atoms with Gasteiger partial charge in [0.15, 0.2) is 6.29 Å². The number of amides is 2. The molecule has 1 aromatic carbocycles. The summed E-state index contributed by atoms with van der Waals surface area (Å²) in [5.74, 6) is 0. The Bertz CT molecular complexity index is 867. The van der Waals surface area contributed by atoms with Crippen LogP contribution < -0.4 is 10.6 Å². The van der Waals surface area contributed by atoms with E-state index in [4.69, 9.17) is 9.47 Å². The van der Waals surface area contributed by atoms with Crippen LogP contribution in [-0.2, 0) is 9.47 Å². The molecule has 3 heterocycles. The van der Waals surface area contributed by atoms with Crippen molar-refractivity contribution in [1.29, 1.82) is 0 Å². The van der Waals surface area contributed by atoms with Crippen molar-refractivity contribution >= 4 is 6.03 Å². The van der Waals surface area contributed by atoms with Gasteiger partial charge in [-0.2, -0.15) is 5.10 Å². The smallest absolute Gasteiger partial charge is 0.315 e. The monoisotopic (exact) mass is 412 g/mol. The van der Waals surface area contributed by atoms with Gasteiger partial charge in [-0.25, -0.2) is 4.79 Å². The zero-order valence-corrected chi connectivity index (χ0v) is 16.8. The minimum atomic E-state index is -0.878. The van der Waals surface area contributed by atoms with Gasteiger partial charge in [0.05, 0.1) is 18.8 Å². The molecule has 160 valence electrons. The first-order valence-electron chi connectivity index (χ1n) is 10.8. The number of hydrogen-bond acceptors (Lipinski definition) is 5. The Morgan fingerprint density at radius 1 is 1.10 bits per heavy atom. The number of aromatic nitrogens is 2. The quantitative estimate of drug-likeness (QED) is 0.715. The number of rotatable bonds is 4. The standard InChI is InChI=1S/C22H28N4O4/c27-20-18(25-22(28)24-16-9-5-2-6-10-16)17-13-29-21(30-17)19(20)26-12-15(11-23-26)14-7-3-1-4-8-14/h1,3-4,7-8,11-12,16-21,27H,2,5-6,9-10,13H2,(H2,24,25,28)/t17-,18-,19-,20+,21-/m1/s1. The number of hydrogen-bond donors (Lipinski definition) is 3. The predicted octanol–water partition coefficient (Wildman–Crippen LogP) is 2.21. The highest BCUT2D eigenvalue weighted by atomic mass is 16.7. The van der Waals surface area contributed by atoms with E-state index in [0.29, 0.717) is 6.61 Å². The van der Waals surface area contributed by atoms with Crippen molar-refractivity contribution in [3.8, 4) is 11.1 Å². The van der Waals surface area contributed by atoms with E-state index in [1.165, 1.54) is 6.42 Å². The van der Waals surface area contributed by atoms with E-state index < -0.39 is 24.5 Å². The second-order valence-electron chi connectivity index (χ2n) is 8.41. The third-order valence-electron chi connectivity index (χ3n) is 6.38. The molecule has 3 aliphatic rings. The summed E-state index contributed by atoms with van der Waals surface area (Å²) in [5, 5.41) is 21.6. The van der Waals surface area contributed by atoms with Crippen LogP contribution in [0.25, 0.3) is 11.1 Å². The summed E-state index contributed by atoms with van der Waals surface area (Å²) in [7, 11) is 0. The summed E-state index contributed by atoms with van der Waals surface area (Å²) in [6.45, 7) is 0.333. The van der Waals surface area contributed by atoms with Gasteiger partial charge in [-0.05, 0) is 18.4 Å². The molecule has 30 heavy (non-hydrogen) atoms. The summed E-state index contributed by atoms with van der Waals surface area (Å²) in [4.78, 5) is 12.6. The van der Waals surface area contributed by atoms with Crippen LogP contribution in [0.3, 0.4) is 0 Å². The number of aliphatic hydroxyl groups excluding tert-OH is 1. The molecule has 2 aromatic rings. The molecule has 1 aromatic heterocycles. The van der Waals surface area contributed by atoms with Crippen molar-refractivity contribution in [3.05, 3.63) is 42.7 Å². The highest BCUT2D eigenvalue weighted by Gasteiger charge is 2.52. The first kappa shape index (κ1) is 19.5. The first-order valence-corrected chi connectivity index (χ1v) is 10.8. The lowest BCUT2D eigenvalue weighted by Crippen LogP contribution is -2.61. The van der Waals surface area contributed by atoms with E-state index in [0.717, 1.165) is 36.8 Å². The minimum absolute atomic E-state index is 0.198. The Labute approximate surface area is 175 Å². The molecule has 5 rings (SSSR count). The van der Waals surface area contributed by atoms with E-state index in [1.54, 1.807) is 10.9 Å². The van der Waals surface area contributed by atoms with Crippen molar-refractivity contribution in [1.82, 2.24) is 20.4 Å². The zero-order valence-electron chi connectivity index (χ0n) is 16.8. The lowest BCUT2D eigenvalue weighted by molar-refractivity contribution is -0.166. The van der Waals surface area contributed by atoms with E-state index in [-0.39, 0.29) is 18.2 Å². The molecule has 1 aliphatic carbocycles. The van der Waals surface area contributed by atoms with Crippen LogP contribution in [0.1, 0.15) is 38.1 Å². The molecule has 5 atom stereocenters. The first-order chi connectivity index (χ1) is 14.7. The van der Waals surface area contributed by atoms with Crippen molar-refractivity contribution in [3.63, 3.8) is 0 Å². The van der Waals surface area contributed by atoms with Gasteiger partial charge in [0.25, 0.3) is 0 Å². The molecule has 8 heteroatoms. The van der Waals surface area contributed by atoms with Crippen molar-refractivity contribution in [2.24, 2.45) is 0 Å². The van der Waals surface area contributed by atoms with Gasteiger partial charge < -0.3 is 25.2 Å². The number of carbonyl (C=O) groups is 1. The molecule has 0 spiro atoms. The number of nitrogens with one attached hydrogen (secondary N) is 2. The molecule has 2 saturated heterocycles. The van der Waals surface area contributed by atoms with Gasteiger partial charge in [-0.15, -0.1) is 0 Å². The number of carbonyl (C=O) groups excluding carboxylic acids is 1. The second kappa shape index (κ2) is 8.37. The fourth-order valence-electron chi connectivity index (χ4n) is 4.77. The number of urea groups is 1. The maximum absolute atomic E-state index is 12.6. The van der Waals surface area contributed by atoms with Gasteiger partial charge in [0, 0.05) is 17.8 Å². The number of benzene rings is 1. The highest BCUT2D eigenvalue weighted by molar-refractivity contribution is 5.74. The van der Waals surface area contributed by atoms with Gasteiger partial charge >= 0.3 is 6.03 Å². The van der Waals surface area contributed by atoms with Gasteiger partial charge in [-0.3, -0.25) is 4.68 Å². The maximum atomic E-state index is 12.6. The average molecular weight is 412 g/mol. The largest absolute Gasteiger partial charge is 0.388 e. The Hall–Kier alpha value is -2.42. The van der Waals surface area contributed by atoms with Gasteiger partial charge in [0.1, 0.15) is 18.2 Å². The van der Waals surface area contributed by atoms with Crippen LogP contribution in [0, 0.1) is 0 Å². The topological polar surface area (TPSA) is 97.6 Å². The normalized spacial score (nSPS) is 31.4. The van der Waals surface area contributed by atoms with Crippen LogP contribution in [0.2, 0.25) is 0 Å². The SMILES string of the molecule is O=C(NC1CCCCC1)N[C@H]1[C@H](O)[C@@H](n2cc(-c3ccccc3)cn2)[C@@H]2OC[C@H]1O2. The third kappa shape index (κ3) is 3.82. The summed E-state index contributed by atoms with van der Waals surface area (Å²) in [5.41, 5.74) is 1.99. The molecule has 2 amide bonds. The highest BCUT2D eigenvalue weighted by Crippen LogP contribution is 2.36. The average Bonchev–Trinajstić information content (AvgIpc) is 3.42. The van der Waals surface area contributed by atoms with Gasteiger partial charge in [0.2, 0.25) is 0 Å². The number of nitrogens with zero attached hydrogens (tertiary/aromatic N) is 2. The fourth-order valence-corrected chi connectivity index (χ4v) is 4.77. The Morgan fingerprint density at radius 3 is 2.70 bits per heavy atom. The van der Waals surface area contributed by atoms with Gasteiger partial charge in [-0.1, -0.05) is 49.6 Å². The van der Waals surface area contributed by atoms with E-state index >= 15 is 0 Å². The Kier molecular flexibility index (Phi) is 5.45. The lowest BCUT2D eigenvalue weighted by atomic mass is 9.95. The Balaban J connectivity index is 1.30. The Morgan fingerprint density at radius 2 is 1.90 bits per heavy atom. The number of ether oxygens (including phenoxy) is 2. The second-order valence-corrected chi connectivity index (χ2v) is 8.41. The summed E-state index contributed by atoms with van der Waals surface area (Å²) >= 11 is 0. The molecular weight excluding hydrogens is 384 g/mol. The van der Waals surface area contributed by atoms with Crippen LogP contribution in [-0.4, -0.2) is 58.1 Å². The maximum Gasteiger partial charge on any atom is 0.315 e. The van der Waals surface area contributed by atoms with Crippen molar-refractivity contribution in [2.45, 2.75) is 68.7 Å². The van der Waals surface area contributed by atoms with Crippen molar-refractivity contribution in [2.75, 3.05) is 6.61 Å². The fraction of sp³-hybridized carbons (Fsp3) is 0.545. The molecule has 3 fully saturated rings. The van der Waals surface area contributed by atoms with Crippen molar-refractivity contribution < 1.29 is 19.4 Å². The number of aliphatic hydroxyl groups is 1. The third-order valence-corrected chi connectivity index (χ3v) is 6.38. The number of fused-ring (bicyclic) bond motifs is 2. The van der Waals surface area contributed by atoms with Crippen LogP contribution in [0.15, 0.2) is 42.7 Å². The molecular formula is C22H28N4O4. The molecule has 0 unspecified atom stereocenters. The van der Waals surface area contributed by atoms with Crippen LogP contribution in [0.4, 0.5) is 4.79 Å². The minimum Gasteiger partial charge on any atom is -0.388 e. The van der Waals surface area contributed by atoms with Crippen LogP contribution in [0.5, 0.6) is 0 Å². The molecule has 2 aliphatic heterocycles. The zero-order chi connectivity index (χ0) is 20.5. The van der Waals surface area contributed by atoms with Crippen LogP contribution >= 0.6 is 0 Å². The predicted molar refractivity (Wildman–Crippen MR) is 110 cm³/mol. The summed E-state index contributed by atoms with van der Waals surface area (Å²) in [6, 6.07) is 8.76. The van der Waals surface area contributed by atoms with E-state index in [9.17, 15) is 9.90 Å². The lowest BCUT2D eigenvalue weighted by Gasteiger charge is -2.38. The molecule has 0 radical (unpaired) electrons. The molecule has 2 bridgehead atoms. The molecule has 8 nitrogen and oxygen atoms in total. The summed E-state index contributed by atoms with van der Waals surface area (Å²) in [6.07, 6.45) is 7.33. The molecule has 3 N–H and O–H groups in total. The van der Waals surface area contributed by atoms with E-state index in [2.05, 4.69) is 15.7 Å².